The number of hydrogen-bond donors (Lipinski definition) is 1. The average molecular weight is 306 g/mol. The van der Waals surface area contributed by atoms with Crippen LogP contribution in [0.1, 0.15) is 11.4 Å². The van der Waals surface area contributed by atoms with Gasteiger partial charge in [-0.15, -0.1) is 0 Å². The predicted molar refractivity (Wildman–Crippen MR) is 93.4 cm³/mol. The Kier molecular flexibility index (Phi) is 4.09. The van der Waals surface area contributed by atoms with Crippen molar-refractivity contribution < 1.29 is 0 Å². The summed E-state index contributed by atoms with van der Waals surface area (Å²) in [6.07, 6.45) is 0. The van der Waals surface area contributed by atoms with Gasteiger partial charge in [-0.25, -0.2) is 4.98 Å². The highest BCUT2D eigenvalue weighted by Crippen LogP contribution is 2.19. The molecule has 0 spiro atoms. The molecule has 4 heteroatoms. The Labute approximate surface area is 136 Å². The van der Waals surface area contributed by atoms with Gasteiger partial charge < -0.3 is 9.88 Å². The number of aromatic nitrogens is 2. The van der Waals surface area contributed by atoms with E-state index in [1.165, 1.54) is 11.1 Å². The van der Waals surface area contributed by atoms with Crippen LogP contribution in [0.3, 0.4) is 0 Å². The number of rotatable bonds is 4. The van der Waals surface area contributed by atoms with E-state index in [1.807, 2.05) is 0 Å². The second-order valence-electron chi connectivity index (χ2n) is 6.11. The summed E-state index contributed by atoms with van der Waals surface area (Å²) < 4.78 is 2.37. The van der Waals surface area contributed by atoms with Crippen molar-refractivity contribution in [1.82, 2.24) is 19.8 Å². The highest BCUT2D eigenvalue weighted by molar-refractivity contribution is 5.76. The quantitative estimate of drug-likeness (QED) is 0.804. The number of para-hydroxylation sites is 2. The van der Waals surface area contributed by atoms with Gasteiger partial charge in [0.15, 0.2) is 0 Å². The Balaban J connectivity index is 1.69. The first-order valence-electron chi connectivity index (χ1n) is 8.31. The van der Waals surface area contributed by atoms with Crippen LogP contribution < -0.4 is 5.32 Å². The van der Waals surface area contributed by atoms with Crippen LogP contribution in [0.4, 0.5) is 0 Å². The van der Waals surface area contributed by atoms with Gasteiger partial charge in [0.25, 0.3) is 0 Å². The third kappa shape index (κ3) is 3.14. The van der Waals surface area contributed by atoms with Crippen LogP contribution in [0, 0.1) is 0 Å². The van der Waals surface area contributed by atoms with E-state index in [1.54, 1.807) is 0 Å². The van der Waals surface area contributed by atoms with Crippen molar-refractivity contribution in [2.24, 2.45) is 0 Å². The van der Waals surface area contributed by atoms with Gasteiger partial charge in [-0.2, -0.15) is 0 Å². The highest BCUT2D eigenvalue weighted by atomic mass is 15.2. The fraction of sp³-hybridized carbons (Fsp3) is 0.316. The summed E-state index contributed by atoms with van der Waals surface area (Å²) in [7, 11) is 0. The van der Waals surface area contributed by atoms with E-state index in [0.29, 0.717) is 0 Å². The normalized spacial score (nSPS) is 16.0. The molecule has 0 unspecified atom stereocenters. The van der Waals surface area contributed by atoms with Crippen LogP contribution in [0.5, 0.6) is 0 Å². The van der Waals surface area contributed by atoms with Gasteiger partial charge in [-0.3, -0.25) is 4.90 Å². The molecule has 1 aliphatic heterocycles. The molecular formula is C19H22N4. The van der Waals surface area contributed by atoms with Crippen LogP contribution in [0.25, 0.3) is 11.0 Å². The maximum atomic E-state index is 4.90. The largest absolute Gasteiger partial charge is 0.322 e. The predicted octanol–water partition coefficient (Wildman–Crippen LogP) is 2.49. The zero-order chi connectivity index (χ0) is 15.5. The van der Waals surface area contributed by atoms with Crippen molar-refractivity contribution in [1.29, 1.82) is 0 Å². The van der Waals surface area contributed by atoms with Crippen molar-refractivity contribution in [3.8, 4) is 0 Å². The van der Waals surface area contributed by atoms with Crippen LogP contribution >= 0.6 is 0 Å². The van der Waals surface area contributed by atoms with Gasteiger partial charge in [-0.05, 0) is 17.7 Å². The zero-order valence-electron chi connectivity index (χ0n) is 13.3. The van der Waals surface area contributed by atoms with E-state index in [-0.39, 0.29) is 0 Å². The first-order chi connectivity index (χ1) is 11.4. The molecule has 0 radical (unpaired) electrons. The lowest BCUT2D eigenvalue weighted by atomic mass is 10.2. The molecule has 4 rings (SSSR count). The third-order valence-corrected chi connectivity index (χ3v) is 4.49. The van der Waals surface area contributed by atoms with Crippen LogP contribution in [0.15, 0.2) is 54.6 Å². The van der Waals surface area contributed by atoms with E-state index < -0.39 is 0 Å². The van der Waals surface area contributed by atoms with Gasteiger partial charge in [0, 0.05) is 32.7 Å². The van der Waals surface area contributed by atoms with Crippen LogP contribution in [-0.2, 0) is 13.1 Å². The summed E-state index contributed by atoms with van der Waals surface area (Å²) in [4.78, 5) is 7.39. The third-order valence-electron chi connectivity index (χ3n) is 4.49. The van der Waals surface area contributed by atoms with Crippen molar-refractivity contribution in [3.63, 3.8) is 0 Å². The molecule has 1 aliphatic rings. The molecule has 0 amide bonds. The fourth-order valence-corrected chi connectivity index (χ4v) is 3.26. The summed E-state index contributed by atoms with van der Waals surface area (Å²) in [6.45, 7) is 6.12. The molecule has 23 heavy (non-hydrogen) atoms. The Morgan fingerprint density at radius 1 is 0.870 bits per heavy atom. The summed E-state index contributed by atoms with van der Waals surface area (Å²) in [5.74, 6) is 1.16. The Morgan fingerprint density at radius 3 is 2.43 bits per heavy atom. The zero-order valence-corrected chi connectivity index (χ0v) is 13.3. The smallest absolute Gasteiger partial charge is 0.124 e. The van der Waals surface area contributed by atoms with Gasteiger partial charge >= 0.3 is 0 Å². The topological polar surface area (TPSA) is 33.1 Å². The number of piperazine rings is 1. The number of benzene rings is 2. The van der Waals surface area contributed by atoms with Gasteiger partial charge in [0.1, 0.15) is 5.82 Å². The lowest BCUT2D eigenvalue weighted by molar-refractivity contribution is 0.226. The summed E-state index contributed by atoms with van der Waals surface area (Å²) >= 11 is 0. The van der Waals surface area contributed by atoms with E-state index in [9.17, 15) is 0 Å². The van der Waals surface area contributed by atoms with Crippen LogP contribution in [0.2, 0.25) is 0 Å². The Bertz CT molecular complexity index is 772. The molecule has 1 saturated heterocycles. The first-order valence-corrected chi connectivity index (χ1v) is 8.31. The van der Waals surface area contributed by atoms with E-state index in [2.05, 4.69) is 69.4 Å². The molecular weight excluding hydrogens is 284 g/mol. The number of fused-ring (bicyclic) bond motifs is 1. The average Bonchev–Trinajstić information content (AvgIpc) is 2.94. The van der Waals surface area contributed by atoms with Crippen LogP contribution in [-0.4, -0.2) is 40.6 Å². The number of imidazole rings is 1. The summed E-state index contributed by atoms with van der Waals surface area (Å²) in [6, 6.07) is 19.1. The minimum absolute atomic E-state index is 0.878. The number of hydrogen-bond acceptors (Lipinski definition) is 3. The fourth-order valence-electron chi connectivity index (χ4n) is 3.26. The highest BCUT2D eigenvalue weighted by Gasteiger charge is 2.16. The molecule has 0 atom stereocenters. The maximum absolute atomic E-state index is 4.90. The molecule has 0 aliphatic carbocycles. The van der Waals surface area contributed by atoms with Crippen molar-refractivity contribution in [3.05, 3.63) is 66.0 Å². The molecule has 4 nitrogen and oxygen atoms in total. The SMILES string of the molecule is c1ccc(Cn2c(CN3CCNCC3)nc3ccccc32)cc1. The van der Waals surface area contributed by atoms with Gasteiger partial charge in [0.05, 0.1) is 17.6 Å². The molecule has 3 aromatic rings. The van der Waals surface area contributed by atoms with Gasteiger partial charge in [0.2, 0.25) is 0 Å². The minimum Gasteiger partial charge on any atom is -0.322 e. The molecule has 0 saturated carbocycles. The summed E-state index contributed by atoms with van der Waals surface area (Å²) in [5, 5.41) is 3.41. The van der Waals surface area contributed by atoms with E-state index in [4.69, 9.17) is 4.98 Å². The molecule has 2 aromatic carbocycles. The molecule has 2 heterocycles. The van der Waals surface area contributed by atoms with Crippen molar-refractivity contribution in [2.45, 2.75) is 13.1 Å². The minimum atomic E-state index is 0.878. The second-order valence-corrected chi connectivity index (χ2v) is 6.11. The first kappa shape index (κ1) is 14.4. The van der Waals surface area contributed by atoms with Crippen molar-refractivity contribution in [2.75, 3.05) is 26.2 Å². The second kappa shape index (κ2) is 6.52. The molecule has 118 valence electrons. The Morgan fingerprint density at radius 2 is 1.61 bits per heavy atom. The molecule has 0 bridgehead atoms. The molecule has 1 fully saturated rings. The monoisotopic (exact) mass is 306 g/mol. The number of nitrogens with one attached hydrogen (secondary N) is 1. The molecule has 1 aromatic heterocycles. The van der Waals surface area contributed by atoms with Gasteiger partial charge in [-0.1, -0.05) is 42.5 Å². The standard InChI is InChI=1S/C19H22N4/c1-2-6-16(7-3-1)14-23-18-9-5-4-8-17(18)21-19(23)15-22-12-10-20-11-13-22/h1-9,20H,10-15H2. The van der Waals surface area contributed by atoms with E-state index in [0.717, 1.165) is 50.6 Å². The summed E-state index contributed by atoms with van der Waals surface area (Å²) in [5.41, 5.74) is 3.63. The van der Waals surface area contributed by atoms with Crippen molar-refractivity contribution >= 4 is 11.0 Å². The Hall–Kier alpha value is -2.17. The lowest BCUT2D eigenvalue weighted by Crippen LogP contribution is -2.43. The number of nitrogens with zero attached hydrogens (tertiary/aromatic N) is 3. The van der Waals surface area contributed by atoms with E-state index >= 15 is 0 Å². The lowest BCUT2D eigenvalue weighted by Gasteiger charge is -2.27. The maximum Gasteiger partial charge on any atom is 0.124 e. The molecule has 1 N–H and O–H groups in total.